The zero-order valence-corrected chi connectivity index (χ0v) is 23.5. The second kappa shape index (κ2) is 14.0. The van der Waals surface area contributed by atoms with Crippen LogP contribution in [0.25, 0.3) is 0 Å². The van der Waals surface area contributed by atoms with Gasteiger partial charge in [-0.3, -0.25) is 13.9 Å². The number of amides is 2. The van der Waals surface area contributed by atoms with Crippen LogP contribution in [0.2, 0.25) is 0 Å². The third-order valence-electron chi connectivity index (χ3n) is 5.38. The first-order valence-corrected chi connectivity index (χ1v) is 13.7. The molecule has 40 heavy (non-hydrogen) atoms. The van der Waals surface area contributed by atoms with Crippen molar-refractivity contribution in [2.24, 2.45) is 5.10 Å². The molecule has 0 radical (unpaired) electrons. The molecule has 0 aromatic heterocycles. The van der Waals surface area contributed by atoms with Gasteiger partial charge in [0.25, 0.3) is 21.8 Å². The maximum Gasteiger partial charge on any atom is 0.264 e. The summed E-state index contributed by atoms with van der Waals surface area (Å²) in [6.07, 6.45) is 1.40. The Hall–Kier alpha value is -4.58. The number of ether oxygens (including phenoxy) is 3. The van der Waals surface area contributed by atoms with E-state index in [-0.39, 0.29) is 34.9 Å². The van der Waals surface area contributed by atoms with Crippen molar-refractivity contribution in [1.82, 2.24) is 10.7 Å². The fourth-order valence-electron chi connectivity index (χ4n) is 3.52. The predicted molar refractivity (Wildman–Crippen MR) is 151 cm³/mol. The quantitative estimate of drug-likeness (QED) is 0.239. The molecule has 212 valence electrons. The molecule has 3 aromatic carbocycles. The summed E-state index contributed by atoms with van der Waals surface area (Å²) in [7, 11) is -1.27. The Bertz CT molecular complexity index is 1430. The Morgan fingerprint density at radius 2 is 1.60 bits per heavy atom. The van der Waals surface area contributed by atoms with Crippen molar-refractivity contribution in [3.8, 4) is 17.2 Å². The average molecular weight is 569 g/mol. The van der Waals surface area contributed by atoms with Crippen molar-refractivity contribution in [2.45, 2.75) is 24.8 Å². The smallest absolute Gasteiger partial charge is 0.264 e. The number of nitrogens with zero attached hydrogens (tertiary/aromatic N) is 2. The topological polar surface area (TPSA) is 136 Å². The van der Waals surface area contributed by atoms with E-state index in [9.17, 15) is 18.0 Å². The molecule has 11 nitrogen and oxygen atoms in total. The Morgan fingerprint density at radius 1 is 0.925 bits per heavy atom. The van der Waals surface area contributed by atoms with Crippen LogP contribution in [0.5, 0.6) is 17.2 Å². The third kappa shape index (κ3) is 8.21. The summed E-state index contributed by atoms with van der Waals surface area (Å²) >= 11 is 0. The maximum absolute atomic E-state index is 13.5. The highest BCUT2D eigenvalue weighted by molar-refractivity contribution is 7.92. The number of rotatable bonds is 13. The van der Waals surface area contributed by atoms with Crippen LogP contribution >= 0.6 is 0 Å². The molecular formula is C28H32N4O7S. The van der Waals surface area contributed by atoms with E-state index in [0.717, 1.165) is 4.31 Å². The third-order valence-corrected chi connectivity index (χ3v) is 7.15. The first kappa shape index (κ1) is 30.0. The largest absolute Gasteiger partial charge is 0.497 e. The van der Waals surface area contributed by atoms with Crippen LogP contribution < -0.4 is 29.3 Å². The highest BCUT2D eigenvalue weighted by Crippen LogP contribution is 2.35. The molecule has 0 heterocycles. The normalized spacial score (nSPS) is 11.2. The second-order valence-corrected chi connectivity index (χ2v) is 10.6. The lowest BCUT2D eigenvalue weighted by molar-refractivity contribution is -0.123. The predicted octanol–water partition coefficient (Wildman–Crippen LogP) is 2.95. The minimum absolute atomic E-state index is 0.00756. The van der Waals surface area contributed by atoms with Gasteiger partial charge in [-0.25, -0.2) is 13.8 Å². The molecule has 0 spiro atoms. The van der Waals surface area contributed by atoms with E-state index in [1.165, 1.54) is 44.7 Å². The van der Waals surface area contributed by atoms with Gasteiger partial charge >= 0.3 is 0 Å². The number of nitrogens with one attached hydrogen (secondary N) is 2. The minimum Gasteiger partial charge on any atom is -0.497 e. The molecule has 0 fully saturated rings. The van der Waals surface area contributed by atoms with Crippen LogP contribution in [-0.2, 0) is 19.6 Å². The fraction of sp³-hybridized carbons (Fsp3) is 0.250. The van der Waals surface area contributed by atoms with E-state index in [2.05, 4.69) is 15.8 Å². The van der Waals surface area contributed by atoms with E-state index in [1.807, 2.05) is 13.8 Å². The molecule has 0 saturated carbocycles. The molecule has 0 atom stereocenters. The van der Waals surface area contributed by atoms with Gasteiger partial charge in [-0.1, -0.05) is 18.2 Å². The van der Waals surface area contributed by atoms with E-state index >= 15 is 0 Å². The number of methoxy groups -OCH3 is 2. The van der Waals surface area contributed by atoms with Crippen molar-refractivity contribution < 1.29 is 32.2 Å². The van der Waals surface area contributed by atoms with Crippen molar-refractivity contribution >= 4 is 33.7 Å². The van der Waals surface area contributed by atoms with E-state index < -0.39 is 22.5 Å². The molecule has 2 amide bonds. The van der Waals surface area contributed by atoms with Crippen molar-refractivity contribution in [2.75, 3.05) is 31.7 Å². The highest BCUT2D eigenvalue weighted by Gasteiger charge is 2.29. The molecule has 0 aliphatic rings. The number of carbonyl (C=O) groups is 2. The van der Waals surface area contributed by atoms with Gasteiger partial charge in [0.15, 0.2) is 6.61 Å². The van der Waals surface area contributed by atoms with E-state index in [1.54, 1.807) is 48.5 Å². The Labute approximate surface area is 233 Å². The first-order chi connectivity index (χ1) is 19.1. The van der Waals surface area contributed by atoms with Crippen molar-refractivity contribution in [1.29, 1.82) is 0 Å². The second-order valence-electron chi connectivity index (χ2n) is 8.74. The molecule has 0 aliphatic heterocycles. The van der Waals surface area contributed by atoms with Crippen LogP contribution in [0.4, 0.5) is 5.69 Å². The molecule has 3 aromatic rings. The summed E-state index contributed by atoms with van der Waals surface area (Å²) in [5.74, 6) is 0.264. The van der Waals surface area contributed by atoms with E-state index in [0.29, 0.717) is 17.1 Å². The SMILES string of the molecule is COc1ccc(N(CC(=O)N/N=C\c2ccc(OCC(=O)NC(C)C)cc2)S(=O)(=O)c2ccccc2)c(OC)c1. The zero-order valence-electron chi connectivity index (χ0n) is 22.7. The number of hydrogen-bond donors (Lipinski definition) is 2. The number of carbonyl (C=O) groups excluding carboxylic acids is 2. The molecule has 0 aliphatic carbocycles. The summed E-state index contributed by atoms with van der Waals surface area (Å²) < 4.78 is 44.1. The van der Waals surface area contributed by atoms with Gasteiger partial charge in [0.1, 0.15) is 23.8 Å². The van der Waals surface area contributed by atoms with Crippen LogP contribution in [0.15, 0.2) is 82.8 Å². The van der Waals surface area contributed by atoms with Gasteiger partial charge in [-0.15, -0.1) is 0 Å². The Balaban J connectivity index is 1.72. The van der Waals surface area contributed by atoms with Crippen LogP contribution in [-0.4, -0.2) is 59.9 Å². The summed E-state index contributed by atoms with van der Waals surface area (Å²) in [5, 5.41) is 6.69. The molecule has 12 heteroatoms. The van der Waals surface area contributed by atoms with Gasteiger partial charge < -0.3 is 19.5 Å². The molecule has 0 bridgehead atoms. The maximum atomic E-state index is 13.5. The Morgan fingerprint density at radius 3 is 2.23 bits per heavy atom. The molecule has 0 saturated heterocycles. The van der Waals surface area contributed by atoms with Crippen LogP contribution in [0.3, 0.4) is 0 Å². The average Bonchev–Trinajstić information content (AvgIpc) is 2.95. The monoisotopic (exact) mass is 568 g/mol. The van der Waals surface area contributed by atoms with Gasteiger partial charge in [0.2, 0.25) is 0 Å². The lowest BCUT2D eigenvalue weighted by Gasteiger charge is -2.25. The molecule has 2 N–H and O–H groups in total. The van der Waals surface area contributed by atoms with Crippen molar-refractivity contribution in [3.63, 3.8) is 0 Å². The van der Waals surface area contributed by atoms with Gasteiger partial charge in [0.05, 0.1) is 31.0 Å². The number of benzene rings is 3. The van der Waals surface area contributed by atoms with Crippen molar-refractivity contribution in [3.05, 3.63) is 78.4 Å². The van der Waals surface area contributed by atoms with Crippen LogP contribution in [0, 0.1) is 0 Å². The fourth-order valence-corrected chi connectivity index (χ4v) is 4.97. The number of hydrazone groups is 1. The highest BCUT2D eigenvalue weighted by atomic mass is 32.2. The minimum atomic E-state index is -4.14. The van der Waals surface area contributed by atoms with E-state index in [4.69, 9.17) is 14.2 Å². The lowest BCUT2D eigenvalue weighted by Crippen LogP contribution is -2.39. The summed E-state index contributed by atoms with van der Waals surface area (Å²) in [5.41, 5.74) is 3.16. The molecule has 0 unspecified atom stereocenters. The lowest BCUT2D eigenvalue weighted by atomic mass is 10.2. The first-order valence-electron chi connectivity index (χ1n) is 12.3. The standard InChI is InChI=1S/C28H32N4O7S/c1-20(2)30-28(34)19-39-22-12-10-21(11-13-22)17-29-31-27(33)18-32(40(35,36)24-8-6-5-7-9-24)25-15-14-23(37-3)16-26(25)38-4/h5-17,20H,18-19H2,1-4H3,(H,30,34)(H,31,33)/b29-17-. The number of sulfonamides is 1. The summed E-state index contributed by atoms with van der Waals surface area (Å²) in [6, 6.07) is 19.1. The van der Waals surface area contributed by atoms with Gasteiger partial charge in [0, 0.05) is 12.1 Å². The summed E-state index contributed by atoms with van der Waals surface area (Å²) in [4.78, 5) is 24.6. The molecular weight excluding hydrogens is 536 g/mol. The molecule has 3 rings (SSSR count). The number of hydrogen-bond acceptors (Lipinski definition) is 8. The summed E-state index contributed by atoms with van der Waals surface area (Å²) in [6.45, 7) is 3.05. The van der Waals surface area contributed by atoms with Gasteiger partial charge in [-0.05, 0) is 67.9 Å². The van der Waals surface area contributed by atoms with Gasteiger partial charge in [-0.2, -0.15) is 5.10 Å². The van der Waals surface area contributed by atoms with Crippen LogP contribution in [0.1, 0.15) is 19.4 Å². The Kier molecular flexibility index (Phi) is 10.5. The zero-order chi connectivity index (χ0) is 29.1. The number of anilines is 1.